The number of ether oxygens (including phenoxy) is 1. The van der Waals surface area contributed by atoms with Gasteiger partial charge in [0.05, 0.1) is 29.6 Å². The minimum atomic E-state index is -4.38. The van der Waals surface area contributed by atoms with Crippen LogP contribution in [0.3, 0.4) is 0 Å². The third-order valence-corrected chi connectivity index (χ3v) is 6.93. The topological polar surface area (TPSA) is 43.4 Å². The largest absolute Gasteiger partial charge is 0.416 e. The van der Waals surface area contributed by atoms with Crippen molar-refractivity contribution in [3.63, 3.8) is 0 Å². The molecule has 2 aromatic rings. The van der Waals surface area contributed by atoms with Crippen LogP contribution in [0.4, 0.5) is 13.2 Å². The van der Waals surface area contributed by atoms with Gasteiger partial charge in [0.15, 0.2) is 11.6 Å². The van der Waals surface area contributed by atoms with E-state index in [4.69, 9.17) is 4.74 Å². The highest BCUT2D eigenvalue weighted by molar-refractivity contribution is 6.17. The number of aryl methyl sites for hydroxylation is 2. The van der Waals surface area contributed by atoms with Crippen LogP contribution in [0.5, 0.6) is 0 Å². The Morgan fingerprint density at radius 2 is 1.33 bits per heavy atom. The molecule has 6 heteroatoms. The lowest BCUT2D eigenvalue weighted by Gasteiger charge is -2.19. The van der Waals surface area contributed by atoms with Crippen LogP contribution in [0, 0.1) is 25.7 Å². The fraction of sp³-hybridized carbons (Fsp3) is 0.417. The zero-order valence-corrected chi connectivity index (χ0v) is 16.6. The molecule has 2 bridgehead atoms. The summed E-state index contributed by atoms with van der Waals surface area (Å²) < 4.78 is 44.3. The minimum absolute atomic E-state index is 0.0364. The number of hydrogen-bond acceptors (Lipinski definition) is 3. The molecule has 0 radical (unpaired) electrons. The van der Waals surface area contributed by atoms with Gasteiger partial charge in [-0.3, -0.25) is 9.59 Å². The highest BCUT2D eigenvalue weighted by Crippen LogP contribution is 2.53. The summed E-state index contributed by atoms with van der Waals surface area (Å²) in [5, 5.41) is 0. The molecule has 0 aromatic heterocycles. The highest BCUT2D eigenvalue weighted by atomic mass is 19.4. The normalized spacial score (nSPS) is 30.2. The molecule has 156 valence electrons. The van der Waals surface area contributed by atoms with Gasteiger partial charge in [-0.25, -0.2) is 0 Å². The molecule has 2 heterocycles. The summed E-state index contributed by atoms with van der Waals surface area (Å²) in [4.78, 5) is 26.3. The fourth-order valence-electron chi connectivity index (χ4n) is 5.66. The SMILES string of the molecule is Cc1cc(-c2ccc(C(F)(F)F)cc2)cc(C)c1C1C(=O)[C@@H]2[C@H](C1=O)[C@H]1CC[C@@H]2O1. The molecule has 0 N–H and O–H groups in total. The highest BCUT2D eigenvalue weighted by Gasteiger charge is 2.63. The first-order chi connectivity index (χ1) is 14.2. The van der Waals surface area contributed by atoms with Gasteiger partial charge in [0.1, 0.15) is 5.92 Å². The molecular weight excluding hydrogens is 393 g/mol. The molecule has 0 amide bonds. The molecule has 2 aromatic carbocycles. The molecule has 5 rings (SSSR count). The molecule has 5 atom stereocenters. The number of fused-ring (bicyclic) bond motifs is 5. The predicted molar refractivity (Wildman–Crippen MR) is 104 cm³/mol. The van der Waals surface area contributed by atoms with Crippen molar-refractivity contribution in [2.45, 2.75) is 51.0 Å². The van der Waals surface area contributed by atoms with Crippen molar-refractivity contribution in [1.29, 1.82) is 0 Å². The third kappa shape index (κ3) is 2.77. The third-order valence-electron chi connectivity index (χ3n) is 6.93. The first-order valence-electron chi connectivity index (χ1n) is 10.2. The number of Topliss-reactive ketones (excluding diaryl/α,β-unsaturated/α-hetero) is 2. The van der Waals surface area contributed by atoms with Crippen molar-refractivity contribution >= 4 is 11.6 Å². The summed E-state index contributed by atoms with van der Waals surface area (Å²) in [5.41, 5.74) is 3.10. The summed E-state index contributed by atoms with van der Waals surface area (Å²) in [6.45, 7) is 3.71. The Morgan fingerprint density at radius 1 is 0.833 bits per heavy atom. The first kappa shape index (κ1) is 19.5. The number of carbonyl (C=O) groups excluding carboxylic acids is 2. The summed E-state index contributed by atoms with van der Waals surface area (Å²) in [5.74, 6) is -1.48. The number of hydrogen-bond donors (Lipinski definition) is 0. The standard InChI is InChI=1S/C24H21F3O3/c1-11-9-14(13-3-5-15(6-4-13)24(25,26)27)10-12(2)18(11)21-22(28)19-16-7-8-17(30-16)20(19)23(21)29/h3-6,9-10,16-17,19-21H,7-8H2,1-2H3/t16-,17+,19-,20+,21?. The van der Waals surface area contributed by atoms with Gasteiger partial charge < -0.3 is 4.74 Å². The molecule has 0 spiro atoms. The van der Waals surface area contributed by atoms with Crippen molar-refractivity contribution in [1.82, 2.24) is 0 Å². The minimum Gasteiger partial charge on any atom is -0.373 e. The Morgan fingerprint density at radius 3 is 1.80 bits per heavy atom. The van der Waals surface area contributed by atoms with Crippen LogP contribution in [0.1, 0.15) is 41.0 Å². The lowest BCUT2D eigenvalue weighted by atomic mass is 9.81. The Kier molecular flexibility index (Phi) is 4.23. The maximum atomic E-state index is 13.2. The number of benzene rings is 2. The summed E-state index contributed by atoms with van der Waals surface area (Å²) in [7, 11) is 0. The van der Waals surface area contributed by atoms with E-state index in [0.717, 1.165) is 47.2 Å². The zero-order chi connectivity index (χ0) is 21.4. The van der Waals surface area contributed by atoms with Gasteiger partial charge in [-0.15, -0.1) is 0 Å². The lowest BCUT2D eigenvalue weighted by molar-refractivity contribution is -0.137. The van der Waals surface area contributed by atoms with Gasteiger partial charge in [0, 0.05) is 0 Å². The Balaban J connectivity index is 1.50. The van der Waals surface area contributed by atoms with Crippen LogP contribution in [0.25, 0.3) is 11.1 Å². The Bertz CT molecular complexity index is 1000. The lowest BCUT2D eigenvalue weighted by Crippen LogP contribution is -2.29. The van der Waals surface area contributed by atoms with Crippen LogP contribution in [-0.4, -0.2) is 23.8 Å². The van der Waals surface area contributed by atoms with E-state index in [-0.39, 0.29) is 35.6 Å². The van der Waals surface area contributed by atoms with E-state index in [0.29, 0.717) is 5.56 Å². The summed E-state index contributed by atoms with van der Waals surface area (Å²) in [6.07, 6.45) is -2.97. The molecule has 3 fully saturated rings. The van der Waals surface area contributed by atoms with Crippen LogP contribution in [0.2, 0.25) is 0 Å². The van der Waals surface area contributed by atoms with Gasteiger partial charge in [0.25, 0.3) is 0 Å². The number of carbonyl (C=O) groups is 2. The predicted octanol–water partition coefficient (Wildman–Crippen LogP) is 5.02. The number of alkyl halides is 3. The van der Waals surface area contributed by atoms with E-state index in [1.165, 1.54) is 12.1 Å². The summed E-state index contributed by atoms with van der Waals surface area (Å²) >= 11 is 0. The van der Waals surface area contributed by atoms with Crippen molar-refractivity contribution in [3.05, 3.63) is 58.7 Å². The fourth-order valence-corrected chi connectivity index (χ4v) is 5.66. The van der Waals surface area contributed by atoms with E-state index >= 15 is 0 Å². The van der Waals surface area contributed by atoms with Gasteiger partial charge in [-0.1, -0.05) is 24.3 Å². The number of halogens is 3. The van der Waals surface area contributed by atoms with Gasteiger partial charge in [-0.05, 0) is 66.6 Å². The molecule has 30 heavy (non-hydrogen) atoms. The van der Waals surface area contributed by atoms with Gasteiger partial charge in [0.2, 0.25) is 0 Å². The van der Waals surface area contributed by atoms with Gasteiger partial charge in [-0.2, -0.15) is 13.2 Å². The quantitative estimate of drug-likeness (QED) is 0.649. The van der Waals surface area contributed by atoms with E-state index in [1.54, 1.807) is 0 Å². The molecule has 3 nitrogen and oxygen atoms in total. The number of rotatable bonds is 2. The van der Waals surface area contributed by atoms with E-state index in [2.05, 4.69) is 0 Å². The maximum absolute atomic E-state index is 13.2. The maximum Gasteiger partial charge on any atom is 0.416 e. The van der Waals surface area contributed by atoms with Crippen LogP contribution < -0.4 is 0 Å². The smallest absolute Gasteiger partial charge is 0.373 e. The van der Waals surface area contributed by atoms with Crippen LogP contribution in [0.15, 0.2) is 36.4 Å². The van der Waals surface area contributed by atoms with Crippen molar-refractivity contribution in [2.75, 3.05) is 0 Å². The van der Waals surface area contributed by atoms with E-state index in [9.17, 15) is 22.8 Å². The monoisotopic (exact) mass is 414 g/mol. The van der Waals surface area contributed by atoms with Crippen LogP contribution >= 0.6 is 0 Å². The first-order valence-corrected chi connectivity index (χ1v) is 10.2. The number of ketones is 2. The second-order valence-electron chi connectivity index (χ2n) is 8.68. The zero-order valence-electron chi connectivity index (χ0n) is 16.6. The molecule has 1 aliphatic carbocycles. The molecule has 2 saturated heterocycles. The van der Waals surface area contributed by atoms with Crippen molar-refractivity contribution in [2.24, 2.45) is 11.8 Å². The Hall–Kier alpha value is -2.47. The Labute approximate surface area is 172 Å². The molecule has 3 aliphatic rings. The van der Waals surface area contributed by atoms with E-state index in [1.807, 2.05) is 26.0 Å². The summed E-state index contributed by atoms with van der Waals surface area (Å²) in [6, 6.07) is 8.73. The van der Waals surface area contributed by atoms with Crippen LogP contribution in [-0.2, 0) is 20.5 Å². The van der Waals surface area contributed by atoms with E-state index < -0.39 is 17.7 Å². The molecule has 2 aliphatic heterocycles. The molecule has 1 unspecified atom stereocenters. The second kappa shape index (κ2) is 6.51. The van der Waals surface area contributed by atoms with Crippen molar-refractivity contribution in [3.8, 4) is 11.1 Å². The second-order valence-corrected chi connectivity index (χ2v) is 8.68. The molecular formula is C24H21F3O3. The van der Waals surface area contributed by atoms with Gasteiger partial charge >= 0.3 is 6.18 Å². The average molecular weight is 414 g/mol. The van der Waals surface area contributed by atoms with Crippen molar-refractivity contribution < 1.29 is 27.5 Å². The average Bonchev–Trinajstić information content (AvgIpc) is 3.36. The molecule has 1 saturated carbocycles.